The molecule has 2 aromatic heterocycles. The first-order valence-electron chi connectivity index (χ1n) is 7.61. The standard InChI is InChI=1S/C16H21N5O2/c1-10-8-16(2,3)20(9-10)15-11(14(17)23)4-5-12(18-15)21-7-6-13(22)19-21/h4-7,10H,8-9H2,1-3H3,(H2,17,23)(H,19,22)/t10-/m0/s1. The van der Waals surface area contributed by atoms with Crippen LogP contribution in [-0.2, 0) is 0 Å². The van der Waals surface area contributed by atoms with E-state index >= 15 is 0 Å². The van der Waals surface area contributed by atoms with Crippen molar-refractivity contribution in [1.29, 1.82) is 0 Å². The molecule has 3 heterocycles. The first-order valence-corrected chi connectivity index (χ1v) is 7.61. The van der Waals surface area contributed by atoms with Crippen molar-refractivity contribution in [2.75, 3.05) is 11.4 Å². The summed E-state index contributed by atoms with van der Waals surface area (Å²) in [5.74, 6) is 1.02. The minimum atomic E-state index is -0.502. The maximum Gasteiger partial charge on any atom is 0.252 e. The highest BCUT2D eigenvalue weighted by Gasteiger charge is 2.38. The van der Waals surface area contributed by atoms with Gasteiger partial charge in [-0.15, -0.1) is 5.10 Å². The number of nitrogens with two attached hydrogens (primary N) is 1. The summed E-state index contributed by atoms with van der Waals surface area (Å²) in [5, 5.41) is 13.4. The van der Waals surface area contributed by atoms with Crippen LogP contribution in [0.25, 0.3) is 5.82 Å². The van der Waals surface area contributed by atoms with Crippen LogP contribution in [0.5, 0.6) is 5.88 Å². The molecule has 7 nitrogen and oxygen atoms in total. The van der Waals surface area contributed by atoms with Gasteiger partial charge in [-0.3, -0.25) is 4.79 Å². The number of aromatic hydroxyl groups is 1. The van der Waals surface area contributed by atoms with Crippen molar-refractivity contribution < 1.29 is 9.90 Å². The maximum atomic E-state index is 11.8. The van der Waals surface area contributed by atoms with Crippen LogP contribution in [0.3, 0.4) is 0 Å². The Labute approximate surface area is 134 Å². The number of carbonyl (C=O) groups excluding carboxylic acids is 1. The Kier molecular flexibility index (Phi) is 3.50. The van der Waals surface area contributed by atoms with Crippen LogP contribution in [0.1, 0.15) is 37.6 Å². The van der Waals surface area contributed by atoms with Crippen LogP contribution in [0.4, 0.5) is 5.82 Å². The lowest BCUT2D eigenvalue weighted by Crippen LogP contribution is -2.40. The summed E-state index contributed by atoms with van der Waals surface area (Å²) in [5.41, 5.74) is 5.82. The van der Waals surface area contributed by atoms with Crippen molar-refractivity contribution in [2.24, 2.45) is 11.7 Å². The predicted octanol–water partition coefficient (Wildman–Crippen LogP) is 1.70. The first kappa shape index (κ1) is 15.3. The molecule has 7 heteroatoms. The molecule has 3 rings (SSSR count). The summed E-state index contributed by atoms with van der Waals surface area (Å²) < 4.78 is 1.47. The molecule has 1 aliphatic rings. The second-order valence-corrected chi connectivity index (χ2v) is 6.76. The van der Waals surface area contributed by atoms with Gasteiger partial charge < -0.3 is 15.7 Å². The highest BCUT2D eigenvalue weighted by atomic mass is 16.3. The first-order chi connectivity index (χ1) is 10.8. The average molecular weight is 315 g/mol. The molecule has 23 heavy (non-hydrogen) atoms. The molecule has 1 saturated heterocycles. The molecule has 2 aromatic rings. The zero-order chi connectivity index (χ0) is 16.8. The van der Waals surface area contributed by atoms with Crippen LogP contribution in [0, 0.1) is 5.92 Å². The third-order valence-electron chi connectivity index (χ3n) is 4.26. The van der Waals surface area contributed by atoms with Crippen LogP contribution in [0.15, 0.2) is 24.4 Å². The summed E-state index contributed by atoms with van der Waals surface area (Å²) in [6, 6.07) is 4.81. The minimum absolute atomic E-state index is 0.0811. The zero-order valence-corrected chi connectivity index (χ0v) is 13.5. The van der Waals surface area contributed by atoms with E-state index in [-0.39, 0.29) is 11.4 Å². The SMILES string of the molecule is C[C@@H]1CN(c2nc(-n3ccc(O)n3)ccc2C(N)=O)C(C)(C)C1. The Morgan fingerprint density at radius 2 is 2.13 bits per heavy atom. The fraction of sp³-hybridized carbons (Fsp3) is 0.438. The summed E-state index contributed by atoms with van der Waals surface area (Å²) in [7, 11) is 0. The second kappa shape index (κ2) is 5.26. The van der Waals surface area contributed by atoms with Gasteiger partial charge in [0.05, 0.1) is 5.56 Å². The number of aromatic nitrogens is 3. The van der Waals surface area contributed by atoms with Crippen molar-refractivity contribution >= 4 is 11.7 Å². The van der Waals surface area contributed by atoms with Gasteiger partial charge in [-0.2, -0.15) is 0 Å². The van der Waals surface area contributed by atoms with E-state index in [9.17, 15) is 9.90 Å². The molecule has 1 atom stereocenters. The minimum Gasteiger partial charge on any atom is -0.492 e. The third kappa shape index (κ3) is 2.74. The van der Waals surface area contributed by atoms with Gasteiger partial charge in [0.25, 0.3) is 5.91 Å². The van der Waals surface area contributed by atoms with E-state index in [1.54, 1.807) is 18.3 Å². The average Bonchev–Trinajstić information content (AvgIpc) is 3.00. The van der Waals surface area contributed by atoms with E-state index in [4.69, 9.17) is 5.73 Å². The van der Waals surface area contributed by atoms with E-state index in [2.05, 4.69) is 35.8 Å². The number of rotatable bonds is 3. The summed E-state index contributed by atoms with van der Waals surface area (Å²) >= 11 is 0. The van der Waals surface area contributed by atoms with E-state index in [0.29, 0.717) is 23.1 Å². The number of nitrogens with zero attached hydrogens (tertiary/aromatic N) is 4. The van der Waals surface area contributed by atoms with Gasteiger partial charge in [-0.1, -0.05) is 6.92 Å². The highest BCUT2D eigenvalue weighted by molar-refractivity contribution is 5.98. The highest BCUT2D eigenvalue weighted by Crippen LogP contribution is 2.37. The van der Waals surface area contributed by atoms with E-state index in [1.165, 1.54) is 10.7 Å². The summed E-state index contributed by atoms with van der Waals surface area (Å²) in [6.07, 6.45) is 2.63. The van der Waals surface area contributed by atoms with Gasteiger partial charge in [0.1, 0.15) is 5.82 Å². The molecule has 0 unspecified atom stereocenters. The summed E-state index contributed by atoms with van der Waals surface area (Å²) in [4.78, 5) is 18.5. The smallest absolute Gasteiger partial charge is 0.252 e. The number of primary amides is 1. The molecule has 0 spiro atoms. The molecule has 0 bridgehead atoms. The van der Waals surface area contributed by atoms with Crippen LogP contribution < -0.4 is 10.6 Å². The molecule has 122 valence electrons. The molecule has 1 fully saturated rings. The molecule has 1 aliphatic heterocycles. The molecule has 0 aliphatic carbocycles. The molecule has 0 saturated carbocycles. The van der Waals surface area contributed by atoms with Crippen molar-refractivity contribution in [2.45, 2.75) is 32.7 Å². The summed E-state index contributed by atoms with van der Waals surface area (Å²) in [6.45, 7) is 7.26. The Balaban J connectivity index is 2.11. The van der Waals surface area contributed by atoms with E-state index in [1.807, 2.05) is 0 Å². The molecular formula is C16H21N5O2. The fourth-order valence-corrected chi connectivity index (χ4v) is 3.37. The largest absolute Gasteiger partial charge is 0.492 e. The number of pyridine rings is 1. The lowest BCUT2D eigenvalue weighted by atomic mass is 9.97. The van der Waals surface area contributed by atoms with Gasteiger partial charge in [-0.25, -0.2) is 9.67 Å². The van der Waals surface area contributed by atoms with Gasteiger partial charge in [0.15, 0.2) is 5.82 Å². The number of anilines is 1. The van der Waals surface area contributed by atoms with Crippen LogP contribution in [-0.4, -0.2) is 37.9 Å². The monoisotopic (exact) mass is 315 g/mol. The van der Waals surface area contributed by atoms with Crippen molar-refractivity contribution in [3.8, 4) is 11.7 Å². The van der Waals surface area contributed by atoms with Crippen LogP contribution >= 0.6 is 0 Å². The van der Waals surface area contributed by atoms with Crippen molar-refractivity contribution in [3.05, 3.63) is 30.0 Å². The maximum absolute atomic E-state index is 11.8. The van der Waals surface area contributed by atoms with Gasteiger partial charge in [0, 0.05) is 24.3 Å². The molecule has 0 radical (unpaired) electrons. The number of carbonyl (C=O) groups is 1. The lowest BCUT2D eigenvalue weighted by Gasteiger charge is -2.33. The van der Waals surface area contributed by atoms with E-state index < -0.39 is 5.91 Å². The van der Waals surface area contributed by atoms with E-state index in [0.717, 1.165) is 13.0 Å². The normalized spacial score (nSPS) is 20.0. The number of amides is 1. The molecule has 1 amide bonds. The fourth-order valence-electron chi connectivity index (χ4n) is 3.37. The Morgan fingerprint density at radius 1 is 1.39 bits per heavy atom. The van der Waals surface area contributed by atoms with Gasteiger partial charge in [0.2, 0.25) is 5.88 Å². The number of hydrogen-bond donors (Lipinski definition) is 2. The van der Waals surface area contributed by atoms with Gasteiger partial charge in [-0.05, 0) is 38.3 Å². The van der Waals surface area contributed by atoms with Crippen molar-refractivity contribution in [1.82, 2.24) is 14.8 Å². The third-order valence-corrected chi connectivity index (χ3v) is 4.26. The predicted molar refractivity (Wildman–Crippen MR) is 86.7 cm³/mol. The Morgan fingerprint density at radius 3 is 2.65 bits per heavy atom. The quantitative estimate of drug-likeness (QED) is 0.898. The lowest BCUT2D eigenvalue weighted by molar-refractivity contribution is 0.100. The van der Waals surface area contributed by atoms with Crippen LogP contribution in [0.2, 0.25) is 0 Å². The topological polar surface area (TPSA) is 97.3 Å². The Hall–Kier alpha value is -2.57. The molecular weight excluding hydrogens is 294 g/mol. The van der Waals surface area contributed by atoms with Crippen molar-refractivity contribution in [3.63, 3.8) is 0 Å². The zero-order valence-electron chi connectivity index (χ0n) is 13.5. The second-order valence-electron chi connectivity index (χ2n) is 6.76. The molecule has 3 N–H and O–H groups in total. The number of hydrogen-bond acceptors (Lipinski definition) is 5. The van der Waals surface area contributed by atoms with Gasteiger partial charge >= 0.3 is 0 Å². The molecule has 0 aromatic carbocycles. The Bertz CT molecular complexity index is 753.